The number of aliphatic hydroxyl groups excluding tert-OH is 1. The Morgan fingerprint density at radius 1 is 1.19 bits per heavy atom. The molecule has 2 rings (SSSR count). The minimum absolute atomic E-state index is 0.0811. The first kappa shape index (κ1) is 15.2. The van der Waals surface area contributed by atoms with Crippen LogP contribution in [0.5, 0.6) is 0 Å². The van der Waals surface area contributed by atoms with Crippen molar-refractivity contribution in [3.8, 4) is 0 Å². The van der Waals surface area contributed by atoms with Gasteiger partial charge in [0.05, 0.1) is 6.10 Å². The summed E-state index contributed by atoms with van der Waals surface area (Å²) in [6, 6.07) is 11.1. The second kappa shape index (κ2) is 6.50. The fourth-order valence-corrected chi connectivity index (χ4v) is 2.16. The van der Waals surface area contributed by atoms with Crippen molar-refractivity contribution in [2.45, 2.75) is 20.0 Å². The second-order valence-electron chi connectivity index (χ2n) is 5.10. The van der Waals surface area contributed by atoms with Gasteiger partial charge in [-0.2, -0.15) is 0 Å². The van der Waals surface area contributed by atoms with Gasteiger partial charge in [-0.25, -0.2) is 4.39 Å². The summed E-state index contributed by atoms with van der Waals surface area (Å²) in [7, 11) is 0. The molecule has 2 aromatic rings. The Hall–Kier alpha value is -2.20. The first-order chi connectivity index (χ1) is 9.97. The first-order valence-corrected chi connectivity index (χ1v) is 6.76. The van der Waals surface area contributed by atoms with Crippen LogP contribution in [-0.4, -0.2) is 17.6 Å². The molecule has 1 unspecified atom stereocenters. The lowest BCUT2D eigenvalue weighted by Crippen LogP contribution is -2.28. The Bertz CT molecular complexity index is 638. The summed E-state index contributed by atoms with van der Waals surface area (Å²) in [5.74, 6) is -0.584. The van der Waals surface area contributed by atoms with E-state index in [-0.39, 0.29) is 18.3 Å². The summed E-state index contributed by atoms with van der Waals surface area (Å²) in [6.45, 7) is 3.92. The van der Waals surface area contributed by atoms with Gasteiger partial charge in [0.25, 0.3) is 5.91 Å². The third-order valence-corrected chi connectivity index (χ3v) is 3.34. The maximum Gasteiger partial charge on any atom is 0.251 e. The molecule has 2 aromatic carbocycles. The zero-order valence-electron chi connectivity index (χ0n) is 12.1. The second-order valence-corrected chi connectivity index (χ2v) is 5.10. The van der Waals surface area contributed by atoms with Gasteiger partial charge < -0.3 is 10.4 Å². The van der Waals surface area contributed by atoms with E-state index < -0.39 is 6.10 Å². The molecule has 0 aromatic heterocycles. The molecule has 0 heterocycles. The van der Waals surface area contributed by atoms with Crippen molar-refractivity contribution in [3.05, 3.63) is 70.5 Å². The molecule has 0 bridgehead atoms. The van der Waals surface area contributed by atoms with Crippen LogP contribution in [-0.2, 0) is 0 Å². The molecule has 0 saturated carbocycles. The Morgan fingerprint density at radius 3 is 2.48 bits per heavy atom. The number of aryl methyl sites for hydroxylation is 2. The van der Waals surface area contributed by atoms with E-state index in [1.807, 2.05) is 26.0 Å². The smallest absolute Gasteiger partial charge is 0.251 e. The van der Waals surface area contributed by atoms with Gasteiger partial charge in [-0.1, -0.05) is 29.8 Å². The molecule has 4 heteroatoms. The third kappa shape index (κ3) is 3.89. The maximum atomic E-state index is 12.8. The average Bonchev–Trinajstić information content (AvgIpc) is 2.45. The Morgan fingerprint density at radius 2 is 1.86 bits per heavy atom. The van der Waals surface area contributed by atoms with Crippen molar-refractivity contribution in [2.75, 3.05) is 6.54 Å². The van der Waals surface area contributed by atoms with Crippen LogP contribution in [0, 0.1) is 19.7 Å². The molecular weight excluding hydrogens is 269 g/mol. The van der Waals surface area contributed by atoms with E-state index in [4.69, 9.17) is 0 Å². The molecule has 0 spiro atoms. The van der Waals surface area contributed by atoms with Crippen molar-refractivity contribution in [1.82, 2.24) is 5.32 Å². The summed E-state index contributed by atoms with van der Waals surface area (Å²) in [6.07, 6.45) is -0.861. The molecule has 0 aliphatic rings. The number of carbonyl (C=O) groups is 1. The van der Waals surface area contributed by atoms with Crippen LogP contribution in [0.3, 0.4) is 0 Å². The van der Waals surface area contributed by atoms with Crippen LogP contribution in [0.1, 0.15) is 33.2 Å². The highest BCUT2D eigenvalue weighted by molar-refractivity contribution is 5.95. The lowest BCUT2D eigenvalue weighted by molar-refractivity contribution is 0.0915. The number of carbonyl (C=O) groups excluding carboxylic acids is 1. The quantitative estimate of drug-likeness (QED) is 0.908. The minimum Gasteiger partial charge on any atom is -0.387 e. The molecule has 1 amide bonds. The zero-order valence-corrected chi connectivity index (χ0v) is 12.1. The third-order valence-electron chi connectivity index (χ3n) is 3.34. The molecule has 0 radical (unpaired) electrons. The monoisotopic (exact) mass is 287 g/mol. The first-order valence-electron chi connectivity index (χ1n) is 6.76. The molecular formula is C17H18FNO2. The van der Waals surface area contributed by atoms with E-state index in [2.05, 4.69) is 5.32 Å². The average molecular weight is 287 g/mol. The van der Waals surface area contributed by atoms with Gasteiger partial charge in [-0.15, -0.1) is 0 Å². The number of benzene rings is 2. The van der Waals surface area contributed by atoms with Crippen molar-refractivity contribution >= 4 is 5.91 Å². The molecule has 1 atom stereocenters. The highest BCUT2D eigenvalue weighted by atomic mass is 19.1. The SMILES string of the molecule is Cc1ccc(C(=O)NCC(O)c2ccc(F)cc2)c(C)c1. The highest BCUT2D eigenvalue weighted by Crippen LogP contribution is 2.14. The van der Waals surface area contributed by atoms with Gasteiger partial charge in [0.15, 0.2) is 0 Å². The van der Waals surface area contributed by atoms with Crippen LogP contribution < -0.4 is 5.32 Å². The van der Waals surface area contributed by atoms with Crippen molar-refractivity contribution in [1.29, 1.82) is 0 Å². The molecule has 3 nitrogen and oxygen atoms in total. The fraction of sp³-hybridized carbons (Fsp3) is 0.235. The standard InChI is InChI=1S/C17H18FNO2/c1-11-3-8-15(12(2)9-11)17(21)19-10-16(20)13-4-6-14(18)7-5-13/h3-9,16,20H,10H2,1-2H3,(H,19,21). The van der Waals surface area contributed by atoms with Gasteiger partial charge in [0.2, 0.25) is 0 Å². The van der Waals surface area contributed by atoms with Gasteiger partial charge in [-0.3, -0.25) is 4.79 Å². The molecule has 0 aliphatic carbocycles. The van der Waals surface area contributed by atoms with Crippen LogP contribution in [0.25, 0.3) is 0 Å². The Labute approximate surface area is 123 Å². The molecule has 0 fully saturated rings. The molecule has 2 N–H and O–H groups in total. The predicted octanol–water partition coefficient (Wildman–Crippen LogP) is 2.91. The summed E-state index contributed by atoms with van der Waals surface area (Å²) >= 11 is 0. The number of aliphatic hydroxyl groups is 1. The molecule has 21 heavy (non-hydrogen) atoms. The van der Waals surface area contributed by atoms with Gasteiger partial charge in [-0.05, 0) is 43.2 Å². The van der Waals surface area contributed by atoms with Crippen molar-refractivity contribution < 1.29 is 14.3 Å². The summed E-state index contributed by atoms with van der Waals surface area (Å²) in [5, 5.41) is 12.7. The normalized spacial score (nSPS) is 12.0. The van der Waals surface area contributed by atoms with Crippen LogP contribution >= 0.6 is 0 Å². The predicted molar refractivity (Wildman–Crippen MR) is 79.6 cm³/mol. The molecule has 110 valence electrons. The summed E-state index contributed by atoms with van der Waals surface area (Å²) in [5.41, 5.74) is 3.14. The Balaban J connectivity index is 1.99. The topological polar surface area (TPSA) is 49.3 Å². The van der Waals surface area contributed by atoms with E-state index >= 15 is 0 Å². The van der Waals surface area contributed by atoms with Crippen molar-refractivity contribution in [2.24, 2.45) is 0 Å². The van der Waals surface area contributed by atoms with Crippen molar-refractivity contribution in [3.63, 3.8) is 0 Å². The fourth-order valence-electron chi connectivity index (χ4n) is 2.16. The van der Waals surface area contributed by atoms with E-state index in [1.165, 1.54) is 24.3 Å². The van der Waals surface area contributed by atoms with Crippen LogP contribution in [0.4, 0.5) is 4.39 Å². The number of hydrogen-bond donors (Lipinski definition) is 2. The van der Waals surface area contributed by atoms with E-state index in [9.17, 15) is 14.3 Å². The lowest BCUT2D eigenvalue weighted by atomic mass is 10.0. The number of halogens is 1. The number of hydrogen-bond acceptors (Lipinski definition) is 2. The summed E-state index contributed by atoms with van der Waals surface area (Å²) in [4.78, 5) is 12.1. The maximum absolute atomic E-state index is 12.8. The number of rotatable bonds is 4. The van der Waals surface area contributed by atoms with Gasteiger partial charge in [0, 0.05) is 12.1 Å². The summed E-state index contributed by atoms with van der Waals surface area (Å²) < 4.78 is 12.8. The van der Waals surface area contributed by atoms with E-state index in [0.29, 0.717) is 11.1 Å². The van der Waals surface area contributed by atoms with E-state index in [1.54, 1.807) is 6.07 Å². The minimum atomic E-state index is -0.861. The van der Waals surface area contributed by atoms with E-state index in [0.717, 1.165) is 11.1 Å². The lowest BCUT2D eigenvalue weighted by Gasteiger charge is -2.13. The van der Waals surface area contributed by atoms with Crippen LogP contribution in [0.2, 0.25) is 0 Å². The molecule has 0 saturated heterocycles. The van der Waals surface area contributed by atoms with Crippen LogP contribution in [0.15, 0.2) is 42.5 Å². The number of nitrogens with one attached hydrogen (secondary N) is 1. The van der Waals surface area contributed by atoms with Gasteiger partial charge in [0.1, 0.15) is 5.82 Å². The van der Waals surface area contributed by atoms with Gasteiger partial charge >= 0.3 is 0 Å². The zero-order chi connectivity index (χ0) is 15.4. The number of amides is 1. The highest BCUT2D eigenvalue weighted by Gasteiger charge is 2.12. The molecule has 0 aliphatic heterocycles. The largest absolute Gasteiger partial charge is 0.387 e. The Kier molecular flexibility index (Phi) is 4.70.